The number of anilines is 1. The first-order chi connectivity index (χ1) is 14.5. The Morgan fingerprint density at radius 3 is 2.63 bits per heavy atom. The Labute approximate surface area is 179 Å². The summed E-state index contributed by atoms with van der Waals surface area (Å²) in [6.07, 6.45) is 3.69. The molecule has 9 nitrogen and oxygen atoms in total. The third-order valence-electron chi connectivity index (χ3n) is 4.34. The number of methoxy groups -OCH3 is 2. The van der Waals surface area contributed by atoms with Gasteiger partial charge in [0.15, 0.2) is 22.3 Å². The Bertz CT molecular complexity index is 1040. The Kier molecular flexibility index (Phi) is 6.99. The zero-order valence-corrected chi connectivity index (χ0v) is 18.5. The first kappa shape index (κ1) is 21.7. The van der Waals surface area contributed by atoms with E-state index in [1.165, 1.54) is 18.9 Å². The molecule has 0 bridgehead atoms. The molecule has 1 amide bonds. The second-order valence-corrected chi connectivity index (χ2v) is 7.56. The number of fused-ring (bicyclic) bond motifs is 1. The van der Waals surface area contributed by atoms with Crippen LogP contribution in [-0.2, 0) is 6.54 Å². The molecule has 0 aliphatic rings. The van der Waals surface area contributed by atoms with Crippen molar-refractivity contribution >= 4 is 34.5 Å². The number of nitrogens with one attached hydrogen (secondary N) is 2. The second kappa shape index (κ2) is 9.66. The molecule has 0 saturated heterocycles. The highest BCUT2D eigenvalue weighted by molar-refractivity contribution is 7.98. The lowest BCUT2D eigenvalue weighted by Gasteiger charge is -2.12. The molecule has 0 aliphatic carbocycles. The number of thioether (sulfide) groups is 1. The minimum absolute atomic E-state index is 0.200. The van der Waals surface area contributed by atoms with Crippen molar-refractivity contribution in [1.82, 2.24) is 25.1 Å². The molecule has 1 aromatic carbocycles. The predicted molar refractivity (Wildman–Crippen MR) is 118 cm³/mol. The quantitative estimate of drug-likeness (QED) is 0.395. The van der Waals surface area contributed by atoms with Gasteiger partial charge in [0.25, 0.3) is 5.91 Å². The molecular weight excluding hydrogens is 404 g/mol. The summed E-state index contributed by atoms with van der Waals surface area (Å²) < 4.78 is 12.2. The summed E-state index contributed by atoms with van der Waals surface area (Å²) >= 11 is 1.47. The van der Waals surface area contributed by atoms with E-state index in [0.29, 0.717) is 35.3 Å². The summed E-state index contributed by atoms with van der Waals surface area (Å²) in [6, 6.07) is 5.29. The van der Waals surface area contributed by atoms with Crippen LogP contribution in [0.4, 0.5) is 5.82 Å². The summed E-state index contributed by atoms with van der Waals surface area (Å²) in [5.74, 6) is 1.65. The van der Waals surface area contributed by atoms with Crippen LogP contribution >= 0.6 is 11.8 Å². The van der Waals surface area contributed by atoms with Gasteiger partial charge in [-0.2, -0.15) is 5.10 Å². The molecule has 2 N–H and O–H groups in total. The fraction of sp³-hybridized carbons (Fsp3) is 0.400. The maximum absolute atomic E-state index is 12.5. The van der Waals surface area contributed by atoms with Crippen molar-refractivity contribution in [2.45, 2.75) is 31.6 Å². The molecule has 0 aliphatic heterocycles. The highest BCUT2D eigenvalue weighted by Gasteiger charge is 2.14. The third kappa shape index (κ3) is 4.76. The van der Waals surface area contributed by atoms with E-state index in [-0.39, 0.29) is 11.9 Å². The van der Waals surface area contributed by atoms with E-state index in [9.17, 15) is 4.79 Å². The van der Waals surface area contributed by atoms with Crippen molar-refractivity contribution in [3.8, 4) is 11.5 Å². The molecule has 10 heteroatoms. The zero-order valence-electron chi connectivity index (χ0n) is 17.7. The number of rotatable bonds is 9. The normalized spacial score (nSPS) is 11.0. The zero-order chi connectivity index (χ0) is 21.7. The second-order valence-electron chi connectivity index (χ2n) is 6.79. The van der Waals surface area contributed by atoms with E-state index < -0.39 is 0 Å². The van der Waals surface area contributed by atoms with Crippen LogP contribution in [0.25, 0.3) is 11.0 Å². The van der Waals surface area contributed by atoms with E-state index in [1.54, 1.807) is 36.2 Å². The maximum Gasteiger partial charge on any atom is 0.251 e. The maximum atomic E-state index is 12.5. The van der Waals surface area contributed by atoms with Crippen LogP contribution in [0.2, 0.25) is 0 Å². The predicted octanol–water partition coefficient (Wildman–Crippen LogP) is 2.82. The first-order valence-corrected chi connectivity index (χ1v) is 10.7. The van der Waals surface area contributed by atoms with Crippen LogP contribution < -0.4 is 20.1 Å². The van der Waals surface area contributed by atoms with Gasteiger partial charge >= 0.3 is 0 Å². The molecule has 0 saturated carbocycles. The van der Waals surface area contributed by atoms with Crippen LogP contribution in [0, 0.1) is 0 Å². The molecule has 2 heterocycles. The Morgan fingerprint density at radius 1 is 1.20 bits per heavy atom. The van der Waals surface area contributed by atoms with Gasteiger partial charge in [0.05, 0.1) is 32.3 Å². The summed E-state index contributed by atoms with van der Waals surface area (Å²) in [7, 11) is 3.09. The van der Waals surface area contributed by atoms with E-state index in [4.69, 9.17) is 9.47 Å². The van der Waals surface area contributed by atoms with Gasteiger partial charge in [0.2, 0.25) is 0 Å². The lowest BCUT2D eigenvalue weighted by molar-refractivity contribution is 0.0951. The summed E-state index contributed by atoms with van der Waals surface area (Å²) in [6.45, 7) is 4.99. The SMILES string of the molecule is COc1ccc(C(=O)NCCn2ncc3c(NC(C)C)nc(SC)nc32)cc1OC. The molecule has 0 fully saturated rings. The van der Waals surface area contributed by atoms with Crippen molar-refractivity contribution in [1.29, 1.82) is 0 Å². The molecule has 0 spiro atoms. The van der Waals surface area contributed by atoms with Crippen LogP contribution in [0.5, 0.6) is 11.5 Å². The molecule has 160 valence electrons. The molecule has 0 atom stereocenters. The average molecular weight is 431 g/mol. The minimum atomic E-state index is -0.200. The third-order valence-corrected chi connectivity index (χ3v) is 4.89. The van der Waals surface area contributed by atoms with Gasteiger partial charge in [-0.05, 0) is 38.3 Å². The van der Waals surface area contributed by atoms with E-state index >= 15 is 0 Å². The van der Waals surface area contributed by atoms with Gasteiger partial charge in [-0.1, -0.05) is 11.8 Å². The van der Waals surface area contributed by atoms with Gasteiger partial charge in [-0.15, -0.1) is 0 Å². The number of ether oxygens (including phenoxy) is 2. The standard InChI is InChI=1S/C20H26N6O3S/c1-12(2)23-17-14-11-22-26(18(14)25-20(24-17)30-5)9-8-21-19(27)13-6-7-15(28-3)16(10-13)29-4/h6-7,10-12H,8-9H2,1-5H3,(H,21,27)(H,23,24,25). The summed E-state index contributed by atoms with van der Waals surface area (Å²) in [5, 5.41) is 12.2. The van der Waals surface area contributed by atoms with E-state index in [2.05, 4.69) is 39.5 Å². The van der Waals surface area contributed by atoms with Gasteiger partial charge in [0.1, 0.15) is 5.82 Å². The molecule has 0 unspecified atom stereocenters. The number of carbonyl (C=O) groups is 1. The van der Waals surface area contributed by atoms with Crippen LogP contribution in [0.3, 0.4) is 0 Å². The minimum Gasteiger partial charge on any atom is -0.493 e. The van der Waals surface area contributed by atoms with Crippen molar-refractivity contribution in [2.24, 2.45) is 0 Å². The van der Waals surface area contributed by atoms with Crippen LogP contribution in [-0.4, -0.2) is 58.7 Å². The largest absolute Gasteiger partial charge is 0.493 e. The monoisotopic (exact) mass is 430 g/mol. The molecule has 2 aromatic heterocycles. The number of nitrogens with zero attached hydrogens (tertiary/aromatic N) is 4. The molecule has 0 radical (unpaired) electrons. The summed E-state index contributed by atoms with van der Waals surface area (Å²) in [5.41, 5.74) is 1.23. The molecule has 30 heavy (non-hydrogen) atoms. The number of hydrogen-bond donors (Lipinski definition) is 2. The van der Waals surface area contributed by atoms with Crippen molar-refractivity contribution < 1.29 is 14.3 Å². The lowest BCUT2D eigenvalue weighted by Crippen LogP contribution is -2.27. The van der Waals surface area contributed by atoms with Crippen LogP contribution in [0.1, 0.15) is 24.2 Å². The molecule has 3 aromatic rings. The number of aromatic nitrogens is 4. The number of hydrogen-bond acceptors (Lipinski definition) is 8. The van der Waals surface area contributed by atoms with Crippen molar-refractivity contribution in [2.75, 3.05) is 32.3 Å². The first-order valence-electron chi connectivity index (χ1n) is 9.51. The van der Waals surface area contributed by atoms with Gasteiger partial charge in [0, 0.05) is 18.2 Å². The van der Waals surface area contributed by atoms with Gasteiger partial charge in [-0.25, -0.2) is 14.6 Å². The van der Waals surface area contributed by atoms with Gasteiger partial charge < -0.3 is 20.1 Å². The molecule has 3 rings (SSSR count). The topological polar surface area (TPSA) is 103 Å². The Morgan fingerprint density at radius 2 is 1.97 bits per heavy atom. The number of benzene rings is 1. The fourth-order valence-corrected chi connectivity index (χ4v) is 3.29. The van der Waals surface area contributed by atoms with E-state index in [1.807, 2.05) is 6.26 Å². The van der Waals surface area contributed by atoms with E-state index in [0.717, 1.165) is 16.9 Å². The highest BCUT2D eigenvalue weighted by atomic mass is 32.2. The lowest BCUT2D eigenvalue weighted by atomic mass is 10.2. The summed E-state index contributed by atoms with van der Waals surface area (Å²) in [4.78, 5) is 21.6. The average Bonchev–Trinajstić information content (AvgIpc) is 3.15. The van der Waals surface area contributed by atoms with Crippen molar-refractivity contribution in [3.63, 3.8) is 0 Å². The molecular formula is C20H26N6O3S. The number of amides is 1. The Balaban J connectivity index is 1.72. The number of carbonyl (C=O) groups excluding carboxylic acids is 1. The van der Waals surface area contributed by atoms with Crippen LogP contribution in [0.15, 0.2) is 29.6 Å². The van der Waals surface area contributed by atoms with Crippen molar-refractivity contribution in [3.05, 3.63) is 30.0 Å². The highest BCUT2D eigenvalue weighted by Crippen LogP contribution is 2.27. The smallest absolute Gasteiger partial charge is 0.251 e. The Hall–Kier alpha value is -3.01. The fourth-order valence-electron chi connectivity index (χ4n) is 2.93. The van der Waals surface area contributed by atoms with Gasteiger partial charge in [-0.3, -0.25) is 4.79 Å².